The molecule has 2 amide bonds. The lowest BCUT2D eigenvalue weighted by Gasteiger charge is -2.31. The highest BCUT2D eigenvalue weighted by Crippen LogP contribution is 2.25. The largest absolute Gasteiger partial charge is 0.378 e. The lowest BCUT2D eigenvalue weighted by atomic mass is 10.0. The Balaban J connectivity index is 1.69. The fraction of sp³-hybridized carbons (Fsp3) is 0.300. The average molecular weight is 373 g/mol. The predicted octanol–water partition coefficient (Wildman–Crippen LogP) is 2.71. The van der Waals surface area contributed by atoms with Crippen LogP contribution >= 0.6 is 11.6 Å². The lowest BCUT2D eigenvalue weighted by Crippen LogP contribution is -2.52. The van der Waals surface area contributed by atoms with Crippen molar-refractivity contribution in [3.8, 4) is 0 Å². The quantitative estimate of drug-likeness (QED) is 0.877. The smallest absolute Gasteiger partial charge is 0.256 e. The van der Waals surface area contributed by atoms with E-state index in [4.69, 9.17) is 11.6 Å². The highest BCUT2D eigenvalue weighted by atomic mass is 35.5. The van der Waals surface area contributed by atoms with Crippen LogP contribution in [0.4, 0.5) is 0 Å². The number of rotatable bonds is 5. The molecule has 0 radical (unpaired) electrons. The Morgan fingerprint density at radius 3 is 2.58 bits per heavy atom. The molecule has 0 fully saturated rings. The molecule has 1 aliphatic rings. The summed E-state index contributed by atoms with van der Waals surface area (Å²) in [6.45, 7) is 2.05. The van der Waals surface area contributed by atoms with E-state index < -0.39 is 11.5 Å². The molecule has 1 aliphatic heterocycles. The first kappa shape index (κ1) is 18.4. The minimum atomic E-state index is -1.69. The van der Waals surface area contributed by atoms with Gasteiger partial charge in [-0.05, 0) is 30.2 Å². The molecular weight excluding hydrogens is 352 g/mol. The number of β-amino-alcohol motifs (C(OH)–C–C–N with tert-alkyl or cyclic N) is 1. The van der Waals surface area contributed by atoms with Crippen LogP contribution in [0, 0.1) is 0 Å². The van der Waals surface area contributed by atoms with Crippen LogP contribution in [0.15, 0.2) is 48.5 Å². The van der Waals surface area contributed by atoms with Crippen LogP contribution in [-0.2, 0) is 17.9 Å². The fourth-order valence-corrected chi connectivity index (χ4v) is 3.44. The molecule has 6 heteroatoms. The molecule has 0 saturated heterocycles. The van der Waals surface area contributed by atoms with Gasteiger partial charge in [-0.25, -0.2) is 0 Å². The van der Waals surface area contributed by atoms with Gasteiger partial charge in [0.15, 0.2) is 5.60 Å². The number of benzene rings is 2. The normalized spacial score (nSPS) is 15.5. The Morgan fingerprint density at radius 1 is 1.23 bits per heavy atom. The van der Waals surface area contributed by atoms with Crippen molar-refractivity contribution < 1.29 is 14.7 Å². The molecule has 2 aromatic rings. The number of carbonyl (C=O) groups is 2. The Bertz CT molecular complexity index is 850. The molecule has 0 spiro atoms. The van der Waals surface area contributed by atoms with Crippen molar-refractivity contribution in [1.29, 1.82) is 0 Å². The van der Waals surface area contributed by atoms with Crippen LogP contribution < -0.4 is 0 Å². The first-order chi connectivity index (χ1) is 12.3. The standard InChI is InChI=1S/C20H21ClN2O3/c1-20(26,13-23-12-14-7-3-5-9-16(14)18(23)24)19(25)22(2)11-15-8-4-6-10-17(15)21/h3-10,26H,11-13H2,1-2H3. The minimum absolute atomic E-state index is 0.0633. The molecule has 26 heavy (non-hydrogen) atoms. The molecule has 0 saturated carbocycles. The van der Waals surface area contributed by atoms with Gasteiger partial charge in [0.05, 0.1) is 6.54 Å². The maximum Gasteiger partial charge on any atom is 0.256 e. The average Bonchev–Trinajstić information content (AvgIpc) is 2.92. The van der Waals surface area contributed by atoms with E-state index in [1.54, 1.807) is 25.2 Å². The van der Waals surface area contributed by atoms with E-state index in [1.165, 1.54) is 16.7 Å². The van der Waals surface area contributed by atoms with Crippen molar-refractivity contribution in [1.82, 2.24) is 9.80 Å². The molecule has 136 valence electrons. The third-order valence-corrected chi connectivity index (χ3v) is 4.94. The molecule has 1 atom stereocenters. The molecule has 0 aliphatic carbocycles. The van der Waals surface area contributed by atoms with Gasteiger partial charge < -0.3 is 14.9 Å². The second-order valence-corrected chi connectivity index (χ2v) is 7.25. The van der Waals surface area contributed by atoms with Crippen LogP contribution in [0.5, 0.6) is 0 Å². The van der Waals surface area contributed by atoms with Gasteiger partial charge in [0.2, 0.25) is 0 Å². The van der Waals surface area contributed by atoms with Gasteiger partial charge in [-0.1, -0.05) is 48.0 Å². The van der Waals surface area contributed by atoms with Crippen LogP contribution in [0.1, 0.15) is 28.4 Å². The molecule has 2 aromatic carbocycles. The van der Waals surface area contributed by atoms with E-state index in [0.717, 1.165) is 11.1 Å². The van der Waals surface area contributed by atoms with Crippen LogP contribution in [0.3, 0.4) is 0 Å². The van der Waals surface area contributed by atoms with Gasteiger partial charge in [-0.2, -0.15) is 0 Å². The Labute approximate surface area is 157 Å². The van der Waals surface area contributed by atoms with E-state index in [2.05, 4.69) is 0 Å². The zero-order chi connectivity index (χ0) is 18.9. The van der Waals surface area contributed by atoms with Crippen molar-refractivity contribution in [2.75, 3.05) is 13.6 Å². The maximum absolute atomic E-state index is 12.7. The van der Waals surface area contributed by atoms with E-state index in [0.29, 0.717) is 17.1 Å². The Morgan fingerprint density at radius 2 is 1.88 bits per heavy atom. The number of likely N-dealkylation sites (N-methyl/N-ethyl adjacent to an activating group) is 1. The first-order valence-corrected chi connectivity index (χ1v) is 8.76. The molecule has 1 heterocycles. The molecule has 1 N–H and O–H groups in total. The number of aliphatic hydroxyl groups is 1. The minimum Gasteiger partial charge on any atom is -0.378 e. The summed E-state index contributed by atoms with van der Waals surface area (Å²) in [6, 6.07) is 14.6. The van der Waals surface area contributed by atoms with Crippen molar-refractivity contribution in [2.24, 2.45) is 0 Å². The molecule has 3 rings (SSSR count). The van der Waals surface area contributed by atoms with Gasteiger partial charge in [0.1, 0.15) is 0 Å². The number of nitrogens with zero attached hydrogens (tertiary/aromatic N) is 2. The number of amides is 2. The molecular formula is C20H21ClN2O3. The lowest BCUT2D eigenvalue weighted by molar-refractivity contribution is -0.150. The summed E-state index contributed by atoms with van der Waals surface area (Å²) in [4.78, 5) is 28.1. The van der Waals surface area contributed by atoms with Crippen LogP contribution in [-0.4, -0.2) is 45.9 Å². The summed E-state index contributed by atoms with van der Waals surface area (Å²) < 4.78 is 0. The van der Waals surface area contributed by atoms with Gasteiger partial charge >= 0.3 is 0 Å². The summed E-state index contributed by atoms with van der Waals surface area (Å²) >= 11 is 6.14. The second kappa shape index (κ2) is 7.09. The molecule has 1 unspecified atom stereocenters. The number of hydrogen-bond donors (Lipinski definition) is 1. The summed E-state index contributed by atoms with van der Waals surface area (Å²) in [5, 5.41) is 11.3. The van der Waals surface area contributed by atoms with Gasteiger partial charge in [-0.3, -0.25) is 9.59 Å². The summed E-state index contributed by atoms with van der Waals surface area (Å²) in [5.74, 6) is -0.622. The third-order valence-electron chi connectivity index (χ3n) is 4.57. The number of halogens is 1. The number of fused-ring (bicyclic) bond motifs is 1. The molecule has 0 aromatic heterocycles. The topological polar surface area (TPSA) is 60.9 Å². The molecule has 5 nitrogen and oxygen atoms in total. The SMILES string of the molecule is CN(Cc1ccccc1Cl)C(=O)C(C)(O)CN1Cc2ccccc2C1=O. The predicted molar refractivity (Wildman–Crippen MR) is 99.7 cm³/mol. The van der Waals surface area contributed by atoms with Crippen LogP contribution in [0.2, 0.25) is 5.02 Å². The number of carbonyl (C=O) groups excluding carboxylic acids is 2. The number of hydrogen-bond acceptors (Lipinski definition) is 3. The monoisotopic (exact) mass is 372 g/mol. The summed E-state index contributed by atoms with van der Waals surface area (Å²) in [7, 11) is 1.61. The zero-order valence-electron chi connectivity index (χ0n) is 14.8. The van der Waals surface area contributed by atoms with Gasteiger partial charge in [0.25, 0.3) is 11.8 Å². The van der Waals surface area contributed by atoms with E-state index in [1.807, 2.05) is 30.3 Å². The fourth-order valence-electron chi connectivity index (χ4n) is 3.25. The third kappa shape index (κ3) is 3.59. The second-order valence-electron chi connectivity index (χ2n) is 6.84. The van der Waals surface area contributed by atoms with Crippen molar-refractivity contribution in [2.45, 2.75) is 25.6 Å². The van der Waals surface area contributed by atoms with Gasteiger partial charge in [0, 0.05) is 30.7 Å². The summed E-state index contributed by atoms with van der Waals surface area (Å²) in [6.07, 6.45) is 0. The van der Waals surface area contributed by atoms with Crippen molar-refractivity contribution in [3.05, 3.63) is 70.2 Å². The van der Waals surface area contributed by atoms with E-state index in [-0.39, 0.29) is 19.0 Å². The van der Waals surface area contributed by atoms with Crippen molar-refractivity contribution in [3.63, 3.8) is 0 Å². The highest BCUT2D eigenvalue weighted by Gasteiger charge is 2.39. The summed E-state index contributed by atoms with van der Waals surface area (Å²) in [5.41, 5.74) is 0.643. The highest BCUT2D eigenvalue weighted by molar-refractivity contribution is 6.31. The van der Waals surface area contributed by atoms with E-state index >= 15 is 0 Å². The van der Waals surface area contributed by atoms with E-state index in [9.17, 15) is 14.7 Å². The van der Waals surface area contributed by atoms with Crippen LogP contribution in [0.25, 0.3) is 0 Å². The van der Waals surface area contributed by atoms with Crippen molar-refractivity contribution >= 4 is 23.4 Å². The zero-order valence-corrected chi connectivity index (χ0v) is 15.5. The Hall–Kier alpha value is -2.37. The van der Waals surface area contributed by atoms with Gasteiger partial charge in [-0.15, -0.1) is 0 Å². The first-order valence-electron chi connectivity index (χ1n) is 8.38. The molecule has 0 bridgehead atoms. The maximum atomic E-state index is 12.7. The Kier molecular flexibility index (Phi) is 5.03.